The van der Waals surface area contributed by atoms with Crippen molar-refractivity contribution in [1.29, 1.82) is 0 Å². The fourth-order valence-corrected chi connectivity index (χ4v) is 2.68. The Kier molecular flexibility index (Phi) is 5.45. The molecule has 1 aliphatic heterocycles. The van der Waals surface area contributed by atoms with Gasteiger partial charge < -0.3 is 20.9 Å². The van der Waals surface area contributed by atoms with Crippen molar-refractivity contribution in [3.05, 3.63) is 58.9 Å². The lowest BCUT2D eigenvalue weighted by Crippen LogP contribution is -2.36. The van der Waals surface area contributed by atoms with Crippen LogP contribution in [0.25, 0.3) is 0 Å². The van der Waals surface area contributed by atoms with Crippen LogP contribution < -0.4 is 11.1 Å². The van der Waals surface area contributed by atoms with Crippen LogP contribution in [-0.2, 0) is 19.6 Å². The summed E-state index contributed by atoms with van der Waals surface area (Å²) in [5.41, 5.74) is 10.5. The Morgan fingerprint density at radius 3 is 2.74 bits per heavy atom. The first-order chi connectivity index (χ1) is 10.9. The van der Waals surface area contributed by atoms with Crippen molar-refractivity contribution >= 4 is 6.03 Å². The maximum Gasteiger partial charge on any atom is 0.322 e. The molecule has 1 aromatic carbocycles. The average molecular weight is 314 g/mol. The van der Waals surface area contributed by atoms with Crippen LogP contribution >= 0.6 is 0 Å². The highest BCUT2D eigenvalue weighted by Crippen LogP contribution is 2.24. The van der Waals surface area contributed by atoms with Crippen molar-refractivity contribution in [2.24, 2.45) is 5.73 Å². The Morgan fingerprint density at radius 2 is 2.09 bits per heavy atom. The third kappa shape index (κ3) is 4.36. The lowest BCUT2D eigenvalue weighted by Gasteiger charge is -2.17. The van der Waals surface area contributed by atoms with Gasteiger partial charge in [0.15, 0.2) is 0 Å². The smallest absolute Gasteiger partial charge is 0.322 e. The molecule has 1 aromatic rings. The molecule has 0 spiro atoms. The molecule has 0 atom stereocenters. The van der Waals surface area contributed by atoms with Gasteiger partial charge in [-0.25, -0.2) is 4.79 Å². The highest BCUT2D eigenvalue weighted by molar-refractivity contribution is 5.77. The summed E-state index contributed by atoms with van der Waals surface area (Å²) in [4.78, 5) is 16.3. The van der Waals surface area contributed by atoms with Crippen LogP contribution in [0.2, 0.25) is 0 Å². The van der Waals surface area contributed by atoms with E-state index < -0.39 is 0 Å². The van der Waals surface area contributed by atoms with E-state index in [0.717, 1.165) is 13.0 Å². The van der Waals surface area contributed by atoms with E-state index in [1.807, 2.05) is 27.1 Å². The van der Waals surface area contributed by atoms with Crippen molar-refractivity contribution in [2.45, 2.75) is 33.0 Å². The largest absolute Gasteiger partial charge is 0.397 e. The summed E-state index contributed by atoms with van der Waals surface area (Å²) in [7, 11) is 4.10. The van der Waals surface area contributed by atoms with Gasteiger partial charge in [-0.3, -0.25) is 0 Å². The maximum absolute atomic E-state index is 12.4. The van der Waals surface area contributed by atoms with Crippen molar-refractivity contribution < 1.29 is 4.79 Å². The van der Waals surface area contributed by atoms with Crippen molar-refractivity contribution in [2.75, 3.05) is 14.1 Å². The number of fused-ring (bicyclic) bond motifs is 1. The lowest BCUT2D eigenvalue weighted by atomic mass is 10.1. The number of amides is 2. The van der Waals surface area contributed by atoms with Crippen molar-refractivity contribution in [1.82, 2.24) is 15.1 Å². The molecule has 23 heavy (non-hydrogen) atoms. The van der Waals surface area contributed by atoms with Gasteiger partial charge in [-0.15, -0.1) is 0 Å². The summed E-state index contributed by atoms with van der Waals surface area (Å²) >= 11 is 0. The van der Waals surface area contributed by atoms with Crippen molar-refractivity contribution in [3.63, 3.8) is 0 Å². The summed E-state index contributed by atoms with van der Waals surface area (Å²) < 4.78 is 0. The fourth-order valence-electron chi connectivity index (χ4n) is 2.68. The number of urea groups is 1. The van der Waals surface area contributed by atoms with Crippen LogP contribution in [0.15, 0.2) is 42.2 Å². The summed E-state index contributed by atoms with van der Waals surface area (Å²) in [6.45, 7) is 7.95. The minimum atomic E-state index is -0.159. The second kappa shape index (κ2) is 7.33. The van der Waals surface area contributed by atoms with Crippen molar-refractivity contribution in [3.8, 4) is 0 Å². The van der Waals surface area contributed by atoms with Gasteiger partial charge in [0.2, 0.25) is 0 Å². The normalized spacial score (nSPS) is 14.1. The monoisotopic (exact) mass is 314 g/mol. The molecule has 3 N–H and O–H groups in total. The van der Waals surface area contributed by atoms with Gasteiger partial charge in [0.1, 0.15) is 0 Å². The first-order valence-electron chi connectivity index (χ1n) is 7.87. The fraction of sp³-hybridized carbons (Fsp3) is 0.389. The van der Waals surface area contributed by atoms with Crippen LogP contribution in [0.5, 0.6) is 0 Å². The van der Waals surface area contributed by atoms with Gasteiger partial charge in [0.25, 0.3) is 0 Å². The Morgan fingerprint density at radius 1 is 1.39 bits per heavy atom. The van der Waals surface area contributed by atoms with E-state index in [0.29, 0.717) is 24.5 Å². The summed E-state index contributed by atoms with van der Waals surface area (Å²) in [6, 6.07) is 6.26. The molecule has 0 bridgehead atoms. The summed E-state index contributed by atoms with van der Waals surface area (Å²) in [5.74, 6) is 0. The first-order valence-corrected chi connectivity index (χ1v) is 7.87. The zero-order chi connectivity index (χ0) is 17.0. The number of rotatable bonds is 5. The van der Waals surface area contributed by atoms with Gasteiger partial charge in [0.05, 0.1) is 11.4 Å². The molecule has 0 radical (unpaired) electrons. The van der Waals surface area contributed by atoms with Gasteiger partial charge in [-0.1, -0.05) is 37.8 Å². The molecule has 2 amide bonds. The Balaban J connectivity index is 2.00. The highest BCUT2D eigenvalue weighted by Gasteiger charge is 2.24. The van der Waals surface area contributed by atoms with Crippen LogP contribution in [0.3, 0.4) is 0 Å². The lowest BCUT2D eigenvalue weighted by molar-refractivity contribution is 0.201. The van der Waals surface area contributed by atoms with E-state index in [1.54, 1.807) is 4.90 Å². The Bertz CT molecular complexity index is 634. The molecule has 1 heterocycles. The molecule has 0 aliphatic carbocycles. The number of hydrogen-bond acceptors (Lipinski definition) is 3. The molecule has 5 heteroatoms. The second-order valence-corrected chi connectivity index (χ2v) is 6.17. The molecule has 2 rings (SSSR count). The quantitative estimate of drug-likeness (QED) is 0.821. The zero-order valence-electron chi connectivity index (χ0n) is 14.2. The SMILES string of the molecule is C=C(NC(=O)N1Cc2ccc(CN(C)C)cc2C1)/C(N)=C\CC. The molecule has 124 valence electrons. The number of nitrogens with zero attached hydrogens (tertiary/aromatic N) is 2. The molecule has 1 aliphatic rings. The van der Waals surface area contributed by atoms with Crippen LogP contribution in [-0.4, -0.2) is 29.9 Å². The average Bonchev–Trinajstić information content (AvgIpc) is 2.90. The maximum atomic E-state index is 12.4. The highest BCUT2D eigenvalue weighted by atomic mass is 16.2. The topological polar surface area (TPSA) is 61.6 Å². The first kappa shape index (κ1) is 17.1. The van der Waals surface area contributed by atoms with E-state index in [9.17, 15) is 4.79 Å². The third-order valence-corrected chi connectivity index (χ3v) is 3.81. The minimum Gasteiger partial charge on any atom is -0.397 e. The number of carbonyl (C=O) groups excluding carboxylic acids is 1. The van der Waals surface area contributed by atoms with E-state index in [1.165, 1.54) is 16.7 Å². The number of hydrogen-bond donors (Lipinski definition) is 2. The van der Waals surface area contributed by atoms with Gasteiger partial charge >= 0.3 is 6.03 Å². The van der Waals surface area contributed by atoms with E-state index in [-0.39, 0.29) is 6.03 Å². The molecule has 0 unspecified atom stereocenters. The second-order valence-electron chi connectivity index (χ2n) is 6.17. The molecule has 0 fully saturated rings. The predicted molar refractivity (Wildman–Crippen MR) is 93.3 cm³/mol. The summed E-state index contributed by atoms with van der Waals surface area (Å²) in [5, 5.41) is 2.78. The predicted octanol–water partition coefficient (Wildman–Crippen LogP) is 2.54. The summed E-state index contributed by atoms with van der Waals surface area (Å²) in [6.07, 6.45) is 2.65. The standard InChI is InChI=1S/C18H26N4O/c1-5-6-17(19)13(2)20-18(23)22-11-15-8-7-14(10-21(3)4)9-16(15)12-22/h6-9H,2,5,10-12,19H2,1,3-4H3,(H,20,23)/b17-6+. The number of carbonyl (C=O) groups is 1. The Hall–Kier alpha value is -2.27. The molecule has 0 saturated heterocycles. The third-order valence-electron chi connectivity index (χ3n) is 3.81. The number of nitrogens with two attached hydrogens (primary N) is 1. The van der Waals surface area contributed by atoms with E-state index in [4.69, 9.17) is 5.73 Å². The number of allylic oxidation sites excluding steroid dienone is 1. The van der Waals surface area contributed by atoms with E-state index >= 15 is 0 Å². The van der Waals surface area contributed by atoms with Gasteiger partial charge in [0, 0.05) is 19.6 Å². The van der Waals surface area contributed by atoms with Crippen LogP contribution in [0.4, 0.5) is 4.79 Å². The number of benzene rings is 1. The zero-order valence-corrected chi connectivity index (χ0v) is 14.2. The van der Waals surface area contributed by atoms with Gasteiger partial charge in [-0.2, -0.15) is 0 Å². The Labute approximate surface area is 138 Å². The molecule has 0 saturated carbocycles. The molecular formula is C18H26N4O. The molecule has 5 nitrogen and oxygen atoms in total. The van der Waals surface area contributed by atoms with Crippen LogP contribution in [0.1, 0.15) is 30.0 Å². The number of nitrogens with one attached hydrogen (secondary N) is 1. The van der Waals surface area contributed by atoms with E-state index in [2.05, 4.69) is 35.0 Å². The van der Waals surface area contributed by atoms with Gasteiger partial charge in [-0.05, 0) is 37.2 Å². The molecular weight excluding hydrogens is 288 g/mol. The molecule has 0 aromatic heterocycles. The van der Waals surface area contributed by atoms with Crippen LogP contribution in [0, 0.1) is 0 Å². The minimum absolute atomic E-state index is 0.159.